The molecule has 102 valence electrons. The lowest BCUT2D eigenvalue weighted by Crippen LogP contribution is -2.22. The molecule has 4 heteroatoms. The quantitative estimate of drug-likeness (QED) is 0.342. The minimum atomic E-state index is -0.660. The van der Waals surface area contributed by atoms with E-state index < -0.39 is 12.3 Å². The highest BCUT2D eigenvalue weighted by Crippen LogP contribution is 2.21. The molecule has 4 nitrogen and oxygen atoms in total. The molecule has 0 N–H and O–H groups in total. The zero-order chi connectivity index (χ0) is 14.4. The summed E-state index contributed by atoms with van der Waals surface area (Å²) in [6.07, 6.45) is 0.956. The second kappa shape index (κ2) is 6.73. The Kier molecular flexibility index (Phi) is 5.30. The third kappa shape index (κ3) is 4.25. The first-order chi connectivity index (χ1) is 8.97. The van der Waals surface area contributed by atoms with Gasteiger partial charge in [0.15, 0.2) is 5.78 Å². The number of esters is 1. The van der Waals surface area contributed by atoms with Gasteiger partial charge in [-0.1, -0.05) is 13.5 Å². The number of benzene rings is 1. The Morgan fingerprint density at radius 3 is 2.58 bits per heavy atom. The monoisotopic (exact) mass is 262 g/mol. The Hall–Kier alpha value is -2.10. The molecule has 0 bridgehead atoms. The van der Waals surface area contributed by atoms with Crippen LogP contribution in [0.1, 0.15) is 36.2 Å². The number of hydrogen-bond donors (Lipinski definition) is 0. The summed E-state index contributed by atoms with van der Waals surface area (Å²) in [5.74, 6) is 0.0679. The fourth-order valence-corrected chi connectivity index (χ4v) is 1.51. The smallest absolute Gasteiger partial charge is 0.333 e. The first kappa shape index (κ1) is 15.0. The van der Waals surface area contributed by atoms with Crippen LogP contribution in [0.4, 0.5) is 0 Å². The van der Waals surface area contributed by atoms with E-state index >= 15 is 0 Å². The lowest BCUT2D eigenvalue weighted by molar-refractivity contribution is -0.157. The number of ether oxygens (including phenoxy) is 2. The maximum atomic E-state index is 11.3. The topological polar surface area (TPSA) is 52.6 Å². The van der Waals surface area contributed by atoms with Gasteiger partial charge in [0.05, 0.1) is 0 Å². The average molecular weight is 262 g/mol. The molecule has 19 heavy (non-hydrogen) atoms. The van der Waals surface area contributed by atoms with Crippen molar-refractivity contribution in [1.82, 2.24) is 0 Å². The van der Waals surface area contributed by atoms with Gasteiger partial charge in [0.2, 0.25) is 6.29 Å². The molecule has 0 aliphatic rings. The SMILES string of the molecule is C=CC(=O)OC(CC)Oc1ccc(C(C)=O)cc1C. The van der Waals surface area contributed by atoms with E-state index in [0.717, 1.165) is 11.6 Å². The number of carbonyl (C=O) groups is 2. The second-order valence-corrected chi connectivity index (χ2v) is 4.13. The predicted molar refractivity (Wildman–Crippen MR) is 72.2 cm³/mol. The van der Waals surface area contributed by atoms with Gasteiger partial charge in [0.1, 0.15) is 5.75 Å². The molecule has 1 unspecified atom stereocenters. The first-order valence-electron chi connectivity index (χ1n) is 6.09. The van der Waals surface area contributed by atoms with Gasteiger partial charge < -0.3 is 9.47 Å². The molecule has 1 aromatic rings. The van der Waals surface area contributed by atoms with Crippen LogP contribution in [0, 0.1) is 6.92 Å². The Morgan fingerprint density at radius 1 is 1.42 bits per heavy atom. The minimum Gasteiger partial charge on any atom is -0.455 e. The van der Waals surface area contributed by atoms with Crippen molar-refractivity contribution in [1.29, 1.82) is 0 Å². The van der Waals surface area contributed by atoms with E-state index in [0.29, 0.717) is 17.7 Å². The molecule has 0 amide bonds. The molecule has 0 radical (unpaired) electrons. The maximum absolute atomic E-state index is 11.3. The molecule has 0 saturated carbocycles. The largest absolute Gasteiger partial charge is 0.455 e. The third-order valence-electron chi connectivity index (χ3n) is 2.59. The van der Waals surface area contributed by atoms with Crippen molar-refractivity contribution in [2.45, 2.75) is 33.5 Å². The van der Waals surface area contributed by atoms with Crippen molar-refractivity contribution in [2.24, 2.45) is 0 Å². The Bertz CT molecular complexity index is 491. The first-order valence-corrected chi connectivity index (χ1v) is 6.09. The normalized spacial score (nSPS) is 11.5. The van der Waals surface area contributed by atoms with Gasteiger partial charge in [-0.2, -0.15) is 0 Å². The molecule has 0 spiro atoms. The fraction of sp³-hybridized carbons (Fsp3) is 0.333. The lowest BCUT2D eigenvalue weighted by atomic mass is 10.1. The van der Waals surface area contributed by atoms with Crippen molar-refractivity contribution in [3.63, 3.8) is 0 Å². The van der Waals surface area contributed by atoms with Crippen LogP contribution >= 0.6 is 0 Å². The van der Waals surface area contributed by atoms with E-state index in [1.165, 1.54) is 6.92 Å². The number of carbonyl (C=O) groups excluding carboxylic acids is 2. The summed E-state index contributed by atoms with van der Waals surface area (Å²) in [7, 11) is 0. The summed E-state index contributed by atoms with van der Waals surface area (Å²) in [4.78, 5) is 22.4. The van der Waals surface area contributed by atoms with Crippen LogP contribution in [0.15, 0.2) is 30.9 Å². The predicted octanol–water partition coefficient (Wildman–Crippen LogP) is 3.04. The highest BCUT2D eigenvalue weighted by Gasteiger charge is 2.14. The molecule has 0 aliphatic carbocycles. The van der Waals surface area contributed by atoms with Crippen LogP contribution in [0.25, 0.3) is 0 Å². The van der Waals surface area contributed by atoms with E-state index in [1.807, 2.05) is 13.8 Å². The zero-order valence-corrected chi connectivity index (χ0v) is 11.4. The van der Waals surface area contributed by atoms with E-state index in [1.54, 1.807) is 18.2 Å². The Labute approximate surface area is 113 Å². The summed E-state index contributed by atoms with van der Waals surface area (Å²) in [6, 6.07) is 5.14. The van der Waals surface area contributed by atoms with Gasteiger partial charge in [-0.15, -0.1) is 0 Å². The van der Waals surface area contributed by atoms with E-state index in [2.05, 4.69) is 6.58 Å². The molecule has 0 fully saturated rings. The summed E-state index contributed by atoms with van der Waals surface area (Å²) >= 11 is 0. The number of hydrogen-bond acceptors (Lipinski definition) is 4. The van der Waals surface area contributed by atoms with Crippen LogP contribution < -0.4 is 4.74 Å². The van der Waals surface area contributed by atoms with E-state index in [9.17, 15) is 9.59 Å². The van der Waals surface area contributed by atoms with Gasteiger partial charge in [-0.05, 0) is 37.6 Å². The molecule has 0 heterocycles. The van der Waals surface area contributed by atoms with Gasteiger partial charge in [0, 0.05) is 18.1 Å². The highest BCUT2D eigenvalue weighted by atomic mass is 16.7. The molecule has 0 aliphatic heterocycles. The zero-order valence-electron chi connectivity index (χ0n) is 11.4. The Morgan fingerprint density at radius 2 is 2.11 bits per heavy atom. The number of aryl methyl sites for hydroxylation is 1. The van der Waals surface area contributed by atoms with Gasteiger partial charge in [0.25, 0.3) is 0 Å². The van der Waals surface area contributed by atoms with Gasteiger partial charge in [-0.25, -0.2) is 4.79 Å². The van der Waals surface area contributed by atoms with Crippen LogP contribution in [-0.4, -0.2) is 18.0 Å². The maximum Gasteiger partial charge on any atom is 0.333 e. The van der Waals surface area contributed by atoms with Crippen molar-refractivity contribution in [3.05, 3.63) is 42.0 Å². The molecular weight excluding hydrogens is 244 g/mol. The van der Waals surface area contributed by atoms with Crippen molar-refractivity contribution >= 4 is 11.8 Å². The third-order valence-corrected chi connectivity index (χ3v) is 2.59. The molecule has 1 aromatic carbocycles. The summed E-state index contributed by atoms with van der Waals surface area (Å²) in [6.45, 7) is 8.53. The number of ketones is 1. The fourth-order valence-electron chi connectivity index (χ4n) is 1.51. The molecule has 0 aromatic heterocycles. The second-order valence-electron chi connectivity index (χ2n) is 4.13. The van der Waals surface area contributed by atoms with Crippen LogP contribution in [0.5, 0.6) is 5.75 Å². The molecule has 1 atom stereocenters. The number of Topliss-reactive ketones (excluding diaryl/α,β-unsaturated/α-hetero) is 1. The highest BCUT2D eigenvalue weighted by molar-refractivity contribution is 5.94. The molecule has 1 rings (SSSR count). The lowest BCUT2D eigenvalue weighted by Gasteiger charge is -2.18. The van der Waals surface area contributed by atoms with E-state index in [-0.39, 0.29) is 5.78 Å². The standard InChI is InChI=1S/C15H18O4/c1-5-14(17)19-15(6-2)18-13-8-7-12(11(4)16)9-10(13)3/h5,7-9,15H,1,6H2,2-4H3. The molecule has 0 saturated heterocycles. The van der Waals surface area contributed by atoms with Gasteiger partial charge in [-0.3, -0.25) is 4.79 Å². The van der Waals surface area contributed by atoms with E-state index in [4.69, 9.17) is 9.47 Å². The van der Waals surface area contributed by atoms with Gasteiger partial charge >= 0.3 is 5.97 Å². The summed E-state index contributed by atoms with van der Waals surface area (Å²) < 4.78 is 10.6. The van der Waals surface area contributed by atoms with Crippen LogP contribution in [-0.2, 0) is 9.53 Å². The minimum absolute atomic E-state index is 0.000207. The number of rotatable bonds is 6. The van der Waals surface area contributed by atoms with Crippen molar-refractivity contribution in [3.8, 4) is 5.75 Å². The van der Waals surface area contributed by atoms with Crippen molar-refractivity contribution in [2.75, 3.05) is 0 Å². The summed E-state index contributed by atoms with van der Waals surface area (Å²) in [5.41, 5.74) is 1.45. The average Bonchev–Trinajstić information content (AvgIpc) is 2.39. The summed E-state index contributed by atoms with van der Waals surface area (Å²) in [5, 5.41) is 0. The van der Waals surface area contributed by atoms with Crippen LogP contribution in [0.3, 0.4) is 0 Å². The Balaban J connectivity index is 2.83. The van der Waals surface area contributed by atoms with Crippen molar-refractivity contribution < 1.29 is 19.1 Å². The van der Waals surface area contributed by atoms with Crippen LogP contribution in [0.2, 0.25) is 0 Å². The molecular formula is C15H18O4.